The molecule has 0 aliphatic rings. The Kier molecular flexibility index (Phi) is 4.36. The summed E-state index contributed by atoms with van der Waals surface area (Å²) in [6, 6.07) is 9.10. The average molecular weight is 373 g/mol. The fraction of sp³-hybridized carbons (Fsp3) is 0.118. The number of furan rings is 1. The van der Waals surface area contributed by atoms with Crippen molar-refractivity contribution in [2.45, 2.75) is 13.2 Å². The highest BCUT2D eigenvalue weighted by Gasteiger charge is 2.14. The van der Waals surface area contributed by atoms with Gasteiger partial charge < -0.3 is 13.6 Å². The smallest absolute Gasteiger partial charge is 0.437 e. The van der Waals surface area contributed by atoms with E-state index >= 15 is 0 Å². The number of ether oxygens (including phenoxy) is 1. The van der Waals surface area contributed by atoms with Crippen LogP contribution in [-0.4, -0.2) is 14.8 Å². The summed E-state index contributed by atoms with van der Waals surface area (Å²) in [5.74, 6) is 0.149. The van der Waals surface area contributed by atoms with Gasteiger partial charge in [-0.1, -0.05) is 0 Å². The summed E-state index contributed by atoms with van der Waals surface area (Å²) < 4.78 is 29.8. The van der Waals surface area contributed by atoms with Crippen molar-refractivity contribution >= 4 is 11.3 Å². The predicted octanol–water partition coefficient (Wildman–Crippen LogP) is 3.32. The SMILES string of the molecule is O=c1oc(-c2ccco2)nn1Cc1csc(COc2ccc(F)cc2)n1. The molecule has 26 heavy (non-hydrogen) atoms. The fourth-order valence-electron chi connectivity index (χ4n) is 2.22. The van der Waals surface area contributed by atoms with Crippen LogP contribution in [0.1, 0.15) is 10.7 Å². The molecule has 0 fully saturated rings. The molecule has 0 saturated carbocycles. The topological polar surface area (TPSA) is 83.3 Å². The van der Waals surface area contributed by atoms with Gasteiger partial charge in [0.05, 0.1) is 18.5 Å². The Morgan fingerprint density at radius 2 is 2.08 bits per heavy atom. The number of hydrogen-bond donors (Lipinski definition) is 0. The molecule has 0 radical (unpaired) electrons. The minimum absolute atomic E-state index is 0.120. The highest BCUT2D eigenvalue weighted by molar-refractivity contribution is 7.09. The van der Waals surface area contributed by atoms with Gasteiger partial charge in [-0.2, -0.15) is 4.68 Å². The van der Waals surface area contributed by atoms with Crippen LogP contribution in [0.25, 0.3) is 11.7 Å². The summed E-state index contributed by atoms with van der Waals surface area (Å²) in [5, 5.41) is 6.65. The molecule has 4 aromatic rings. The molecule has 132 valence electrons. The molecule has 4 rings (SSSR count). The third-order valence-electron chi connectivity index (χ3n) is 3.43. The van der Waals surface area contributed by atoms with E-state index in [9.17, 15) is 9.18 Å². The van der Waals surface area contributed by atoms with E-state index in [-0.39, 0.29) is 24.9 Å². The number of aromatic nitrogens is 3. The van der Waals surface area contributed by atoms with Gasteiger partial charge in [0.25, 0.3) is 5.89 Å². The zero-order valence-corrected chi connectivity index (χ0v) is 14.1. The highest BCUT2D eigenvalue weighted by atomic mass is 32.1. The monoisotopic (exact) mass is 373 g/mol. The van der Waals surface area contributed by atoms with Gasteiger partial charge in [-0.15, -0.1) is 16.4 Å². The Balaban J connectivity index is 1.42. The number of halogens is 1. The molecule has 0 N–H and O–H groups in total. The number of benzene rings is 1. The molecule has 0 atom stereocenters. The molecule has 0 aliphatic heterocycles. The van der Waals surface area contributed by atoms with E-state index in [0.717, 1.165) is 5.01 Å². The molecule has 0 saturated heterocycles. The Morgan fingerprint density at radius 1 is 1.23 bits per heavy atom. The predicted molar refractivity (Wildman–Crippen MR) is 90.4 cm³/mol. The third-order valence-corrected chi connectivity index (χ3v) is 4.30. The van der Waals surface area contributed by atoms with Crippen LogP contribution in [-0.2, 0) is 13.2 Å². The van der Waals surface area contributed by atoms with Crippen molar-refractivity contribution in [1.82, 2.24) is 14.8 Å². The zero-order valence-electron chi connectivity index (χ0n) is 13.3. The van der Waals surface area contributed by atoms with E-state index in [0.29, 0.717) is 17.2 Å². The first-order valence-corrected chi connectivity index (χ1v) is 8.49. The maximum Gasteiger partial charge on any atom is 0.437 e. The first kappa shape index (κ1) is 16.3. The van der Waals surface area contributed by atoms with Crippen LogP contribution in [0.2, 0.25) is 0 Å². The molecule has 7 nitrogen and oxygen atoms in total. The van der Waals surface area contributed by atoms with Gasteiger partial charge in [0.2, 0.25) is 0 Å². The Morgan fingerprint density at radius 3 is 2.85 bits per heavy atom. The van der Waals surface area contributed by atoms with Crippen molar-refractivity contribution < 1.29 is 18.0 Å². The van der Waals surface area contributed by atoms with Gasteiger partial charge in [-0.3, -0.25) is 0 Å². The van der Waals surface area contributed by atoms with Crippen LogP contribution in [0.15, 0.2) is 61.7 Å². The minimum atomic E-state index is -0.589. The first-order chi connectivity index (χ1) is 12.7. The second kappa shape index (κ2) is 6.96. The van der Waals surface area contributed by atoms with Crippen molar-refractivity contribution in [3.63, 3.8) is 0 Å². The lowest BCUT2D eigenvalue weighted by Gasteiger charge is -2.03. The standard InChI is InChI=1S/C17H12FN3O4S/c18-11-3-5-13(6-4-11)24-9-15-19-12(10-26-15)8-21-17(22)25-16(20-21)14-2-1-7-23-14/h1-7,10H,8-9H2. The van der Waals surface area contributed by atoms with Gasteiger partial charge in [0, 0.05) is 5.38 Å². The number of rotatable bonds is 6. The largest absolute Gasteiger partial charge is 0.486 e. The van der Waals surface area contributed by atoms with Crippen LogP contribution in [0.3, 0.4) is 0 Å². The van der Waals surface area contributed by atoms with Gasteiger partial charge >= 0.3 is 5.76 Å². The van der Waals surface area contributed by atoms with E-state index < -0.39 is 5.76 Å². The van der Waals surface area contributed by atoms with E-state index in [4.69, 9.17) is 13.6 Å². The Bertz CT molecular complexity index is 1050. The minimum Gasteiger partial charge on any atom is -0.486 e. The molecule has 0 spiro atoms. The maximum atomic E-state index is 12.9. The van der Waals surface area contributed by atoms with Crippen molar-refractivity contribution in [2.24, 2.45) is 0 Å². The van der Waals surface area contributed by atoms with Crippen LogP contribution >= 0.6 is 11.3 Å². The fourth-order valence-corrected chi connectivity index (χ4v) is 2.92. The van der Waals surface area contributed by atoms with Gasteiger partial charge in [-0.25, -0.2) is 14.2 Å². The lowest BCUT2D eigenvalue weighted by molar-refractivity contribution is 0.304. The lowest BCUT2D eigenvalue weighted by Crippen LogP contribution is -2.16. The summed E-state index contributed by atoms with van der Waals surface area (Å²) >= 11 is 1.40. The highest BCUT2D eigenvalue weighted by Crippen LogP contribution is 2.18. The van der Waals surface area contributed by atoms with E-state index in [1.807, 2.05) is 5.38 Å². The van der Waals surface area contributed by atoms with E-state index in [1.165, 1.54) is 34.4 Å². The van der Waals surface area contributed by atoms with E-state index in [1.54, 1.807) is 24.3 Å². The molecular weight excluding hydrogens is 361 g/mol. The normalized spacial score (nSPS) is 11.0. The zero-order chi connectivity index (χ0) is 17.9. The average Bonchev–Trinajstić information content (AvgIpc) is 3.37. The molecule has 3 heterocycles. The molecular formula is C17H12FN3O4S. The van der Waals surface area contributed by atoms with Crippen LogP contribution in [0.5, 0.6) is 5.75 Å². The quantitative estimate of drug-likeness (QED) is 0.516. The maximum absolute atomic E-state index is 12.9. The van der Waals surface area contributed by atoms with Crippen LogP contribution < -0.4 is 10.5 Å². The lowest BCUT2D eigenvalue weighted by atomic mass is 10.3. The molecule has 1 aromatic carbocycles. The molecule has 0 bridgehead atoms. The molecule has 0 amide bonds. The summed E-state index contributed by atoms with van der Waals surface area (Å²) in [6.07, 6.45) is 1.47. The van der Waals surface area contributed by atoms with Crippen molar-refractivity contribution in [2.75, 3.05) is 0 Å². The third kappa shape index (κ3) is 3.57. The Labute approximate surface area is 150 Å². The van der Waals surface area contributed by atoms with E-state index in [2.05, 4.69) is 10.1 Å². The van der Waals surface area contributed by atoms with Crippen molar-refractivity contribution in [3.05, 3.63) is 75.1 Å². The van der Waals surface area contributed by atoms with Gasteiger partial charge in [0.15, 0.2) is 5.76 Å². The number of hydrogen-bond acceptors (Lipinski definition) is 7. The van der Waals surface area contributed by atoms with Crippen molar-refractivity contribution in [1.29, 1.82) is 0 Å². The first-order valence-electron chi connectivity index (χ1n) is 7.61. The second-order valence-electron chi connectivity index (χ2n) is 5.28. The second-order valence-corrected chi connectivity index (χ2v) is 6.23. The van der Waals surface area contributed by atoms with Crippen LogP contribution in [0, 0.1) is 5.82 Å². The molecule has 0 aliphatic carbocycles. The molecule has 0 unspecified atom stereocenters. The van der Waals surface area contributed by atoms with Gasteiger partial charge in [-0.05, 0) is 36.4 Å². The Hall–Kier alpha value is -3.20. The molecule has 3 aromatic heterocycles. The van der Waals surface area contributed by atoms with Crippen LogP contribution in [0.4, 0.5) is 4.39 Å². The number of nitrogens with zero attached hydrogens (tertiary/aromatic N) is 3. The molecule has 9 heteroatoms. The number of thiazole rings is 1. The summed E-state index contributed by atoms with van der Waals surface area (Å²) in [5.41, 5.74) is 0.661. The summed E-state index contributed by atoms with van der Waals surface area (Å²) in [4.78, 5) is 16.3. The van der Waals surface area contributed by atoms with Gasteiger partial charge in [0.1, 0.15) is 23.2 Å². The summed E-state index contributed by atoms with van der Waals surface area (Å²) in [7, 11) is 0. The van der Waals surface area contributed by atoms with Crippen molar-refractivity contribution in [3.8, 4) is 17.4 Å². The summed E-state index contributed by atoms with van der Waals surface area (Å²) in [6.45, 7) is 0.428.